The van der Waals surface area contributed by atoms with Gasteiger partial charge in [-0.3, -0.25) is 4.98 Å². The minimum Gasteiger partial charge on any atom is -0.341 e. The summed E-state index contributed by atoms with van der Waals surface area (Å²) in [5, 5.41) is 0. The zero-order valence-electron chi connectivity index (χ0n) is 11.0. The fourth-order valence-electron chi connectivity index (χ4n) is 2.78. The van der Waals surface area contributed by atoms with Gasteiger partial charge >= 0.3 is 0 Å². The number of para-hydroxylation sites is 1. The van der Waals surface area contributed by atoms with E-state index >= 15 is 0 Å². The van der Waals surface area contributed by atoms with Gasteiger partial charge in [0.15, 0.2) is 0 Å². The molecule has 0 radical (unpaired) electrons. The second-order valence-corrected chi connectivity index (χ2v) is 4.95. The molecule has 1 aromatic heterocycles. The summed E-state index contributed by atoms with van der Waals surface area (Å²) in [4.78, 5) is 6.58. The van der Waals surface area contributed by atoms with Crippen LogP contribution in [0.15, 0.2) is 42.7 Å². The maximum Gasteiger partial charge on any atom is 0.0487 e. The number of benzene rings is 1. The molecule has 0 unspecified atom stereocenters. The van der Waals surface area contributed by atoms with Crippen LogP contribution in [-0.4, -0.2) is 11.5 Å². The van der Waals surface area contributed by atoms with Crippen LogP contribution in [0, 0.1) is 0 Å². The van der Waals surface area contributed by atoms with E-state index < -0.39 is 0 Å². The normalized spacial score (nSPS) is 14.9. The van der Waals surface area contributed by atoms with Gasteiger partial charge in [0.2, 0.25) is 0 Å². The van der Waals surface area contributed by atoms with E-state index in [1.54, 1.807) is 0 Å². The van der Waals surface area contributed by atoms with Crippen molar-refractivity contribution >= 4 is 11.4 Å². The summed E-state index contributed by atoms with van der Waals surface area (Å²) in [6, 6.07) is 10.8. The van der Waals surface area contributed by atoms with Crippen molar-refractivity contribution < 1.29 is 0 Å². The van der Waals surface area contributed by atoms with Crippen LogP contribution in [0.1, 0.15) is 24.0 Å². The minimum absolute atomic E-state index is 0.530. The lowest BCUT2D eigenvalue weighted by Crippen LogP contribution is -2.20. The Labute approximate surface area is 114 Å². The molecule has 0 aliphatic carbocycles. The maximum atomic E-state index is 5.85. The molecule has 1 aliphatic rings. The first-order valence-electron chi connectivity index (χ1n) is 6.88. The second kappa shape index (κ2) is 5.41. The fraction of sp³-hybridized carbons (Fsp3) is 0.312. The van der Waals surface area contributed by atoms with Crippen LogP contribution in [0.2, 0.25) is 0 Å². The van der Waals surface area contributed by atoms with Gasteiger partial charge in [-0.25, -0.2) is 0 Å². The molecule has 0 saturated heterocycles. The van der Waals surface area contributed by atoms with Gasteiger partial charge in [-0.1, -0.05) is 18.2 Å². The lowest BCUT2D eigenvalue weighted by Gasteiger charge is -2.26. The smallest absolute Gasteiger partial charge is 0.0487 e. The van der Waals surface area contributed by atoms with E-state index in [-0.39, 0.29) is 0 Å². The standard InChI is InChI=1S/C16H19N3/c17-11-14-12-18-9-8-16(14)19-10-4-3-6-13-5-1-2-7-15(13)19/h1-2,5,7-9,12H,3-4,6,10-11,17H2. The highest BCUT2D eigenvalue weighted by molar-refractivity contribution is 5.69. The lowest BCUT2D eigenvalue weighted by atomic mass is 10.1. The van der Waals surface area contributed by atoms with E-state index in [1.807, 2.05) is 12.4 Å². The molecule has 0 spiro atoms. The monoisotopic (exact) mass is 253 g/mol. The predicted molar refractivity (Wildman–Crippen MR) is 78.5 cm³/mol. The average molecular weight is 253 g/mol. The van der Waals surface area contributed by atoms with E-state index in [1.165, 1.54) is 29.8 Å². The summed E-state index contributed by atoms with van der Waals surface area (Å²) in [5.74, 6) is 0. The Morgan fingerprint density at radius 3 is 2.89 bits per heavy atom. The Balaban J connectivity index is 2.09. The van der Waals surface area contributed by atoms with E-state index in [2.05, 4.69) is 40.2 Å². The summed E-state index contributed by atoms with van der Waals surface area (Å²) in [5.41, 5.74) is 10.9. The molecule has 0 bridgehead atoms. The van der Waals surface area contributed by atoms with Crippen molar-refractivity contribution in [3.8, 4) is 0 Å². The quantitative estimate of drug-likeness (QED) is 0.894. The van der Waals surface area contributed by atoms with Crippen molar-refractivity contribution in [3.63, 3.8) is 0 Å². The average Bonchev–Trinajstić information content (AvgIpc) is 2.69. The van der Waals surface area contributed by atoms with Crippen molar-refractivity contribution in [1.29, 1.82) is 0 Å². The van der Waals surface area contributed by atoms with Crippen LogP contribution >= 0.6 is 0 Å². The molecule has 2 aromatic rings. The van der Waals surface area contributed by atoms with Gasteiger partial charge in [0, 0.05) is 42.4 Å². The first-order chi connectivity index (χ1) is 9.40. The molecule has 0 saturated carbocycles. The molecule has 0 atom stereocenters. The Morgan fingerprint density at radius 1 is 1.11 bits per heavy atom. The van der Waals surface area contributed by atoms with Crippen molar-refractivity contribution in [1.82, 2.24) is 4.98 Å². The predicted octanol–water partition coefficient (Wildman–Crippen LogP) is 3.01. The zero-order valence-corrected chi connectivity index (χ0v) is 11.0. The number of rotatable bonds is 2. The number of anilines is 2. The molecule has 2 heterocycles. The van der Waals surface area contributed by atoms with E-state index in [9.17, 15) is 0 Å². The SMILES string of the molecule is NCc1cnccc1N1CCCCc2ccccc21. The molecular weight excluding hydrogens is 234 g/mol. The Kier molecular flexibility index (Phi) is 3.47. The lowest BCUT2D eigenvalue weighted by molar-refractivity contribution is 0.759. The van der Waals surface area contributed by atoms with E-state index in [0.29, 0.717) is 6.54 Å². The number of hydrogen-bond donors (Lipinski definition) is 1. The van der Waals surface area contributed by atoms with Crippen LogP contribution < -0.4 is 10.6 Å². The van der Waals surface area contributed by atoms with Gasteiger partial charge in [-0.2, -0.15) is 0 Å². The number of nitrogens with two attached hydrogens (primary N) is 1. The molecule has 0 fully saturated rings. The van der Waals surface area contributed by atoms with Gasteiger partial charge < -0.3 is 10.6 Å². The summed E-state index contributed by atoms with van der Waals surface area (Å²) >= 11 is 0. The number of nitrogens with zero attached hydrogens (tertiary/aromatic N) is 2. The number of pyridine rings is 1. The molecule has 1 aromatic carbocycles. The highest BCUT2D eigenvalue weighted by Crippen LogP contribution is 2.33. The number of aryl methyl sites for hydroxylation is 1. The van der Waals surface area contributed by atoms with Crippen molar-refractivity contribution in [3.05, 3.63) is 53.9 Å². The van der Waals surface area contributed by atoms with Crippen molar-refractivity contribution in [2.45, 2.75) is 25.8 Å². The minimum atomic E-state index is 0.530. The van der Waals surface area contributed by atoms with Crippen LogP contribution in [0.4, 0.5) is 11.4 Å². The number of fused-ring (bicyclic) bond motifs is 1. The molecule has 19 heavy (non-hydrogen) atoms. The highest BCUT2D eigenvalue weighted by Gasteiger charge is 2.18. The molecule has 2 N–H and O–H groups in total. The van der Waals surface area contributed by atoms with Crippen LogP contribution in [0.25, 0.3) is 0 Å². The third-order valence-electron chi connectivity index (χ3n) is 3.75. The first-order valence-corrected chi connectivity index (χ1v) is 6.88. The molecule has 98 valence electrons. The van der Waals surface area contributed by atoms with Gasteiger partial charge in [0.05, 0.1) is 0 Å². The Bertz CT molecular complexity index is 565. The highest BCUT2D eigenvalue weighted by atomic mass is 15.1. The number of hydrogen-bond acceptors (Lipinski definition) is 3. The van der Waals surface area contributed by atoms with Crippen LogP contribution in [0.3, 0.4) is 0 Å². The summed E-state index contributed by atoms with van der Waals surface area (Å²) < 4.78 is 0. The summed E-state index contributed by atoms with van der Waals surface area (Å²) in [7, 11) is 0. The van der Waals surface area contributed by atoms with E-state index in [0.717, 1.165) is 18.5 Å². The third-order valence-corrected chi connectivity index (χ3v) is 3.75. The third kappa shape index (κ3) is 2.34. The molecular formula is C16H19N3. The Hall–Kier alpha value is -1.87. The molecule has 0 amide bonds. The molecule has 3 heteroatoms. The summed E-state index contributed by atoms with van der Waals surface area (Å²) in [6.07, 6.45) is 7.35. The van der Waals surface area contributed by atoms with E-state index in [4.69, 9.17) is 5.73 Å². The van der Waals surface area contributed by atoms with Gasteiger partial charge in [0.1, 0.15) is 0 Å². The second-order valence-electron chi connectivity index (χ2n) is 4.95. The Morgan fingerprint density at radius 2 is 2.00 bits per heavy atom. The van der Waals surface area contributed by atoms with Gasteiger partial charge in [-0.05, 0) is 37.0 Å². The molecule has 3 rings (SSSR count). The maximum absolute atomic E-state index is 5.85. The van der Waals surface area contributed by atoms with Crippen LogP contribution in [-0.2, 0) is 13.0 Å². The molecule has 3 nitrogen and oxygen atoms in total. The number of aromatic nitrogens is 1. The van der Waals surface area contributed by atoms with Crippen LogP contribution in [0.5, 0.6) is 0 Å². The first kappa shape index (κ1) is 12.2. The zero-order chi connectivity index (χ0) is 13.1. The fourth-order valence-corrected chi connectivity index (χ4v) is 2.78. The molecule has 1 aliphatic heterocycles. The van der Waals surface area contributed by atoms with Crippen molar-refractivity contribution in [2.75, 3.05) is 11.4 Å². The van der Waals surface area contributed by atoms with Gasteiger partial charge in [-0.15, -0.1) is 0 Å². The van der Waals surface area contributed by atoms with Gasteiger partial charge in [0.25, 0.3) is 0 Å². The summed E-state index contributed by atoms with van der Waals surface area (Å²) in [6.45, 7) is 1.58. The topological polar surface area (TPSA) is 42.1 Å². The largest absolute Gasteiger partial charge is 0.341 e. The van der Waals surface area contributed by atoms with Crippen molar-refractivity contribution in [2.24, 2.45) is 5.73 Å².